The van der Waals surface area contributed by atoms with Crippen molar-refractivity contribution >= 4 is 34.6 Å². The quantitative estimate of drug-likeness (QED) is 0.320. The summed E-state index contributed by atoms with van der Waals surface area (Å²) < 4.78 is 16.0. The summed E-state index contributed by atoms with van der Waals surface area (Å²) in [4.78, 5) is 6.68. The van der Waals surface area contributed by atoms with Gasteiger partial charge in [-0.2, -0.15) is 0 Å². The monoisotopic (exact) mass is 490 g/mol. The number of hydrogen-bond donors (Lipinski definition) is 1. The van der Waals surface area contributed by atoms with Crippen LogP contribution in [0.15, 0.2) is 72.9 Å². The van der Waals surface area contributed by atoms with Gasteiger partial charge in [-0.3, -0.25) is 4.98 Å². The van der Waals surface area contributed by atoms with Crippen molar-refractivity contribution < 1.29 is 4.39 Å². The summed E-state index contributed by atoms with van der Waals surface area (Å²) in [6.07, 6.45) is 1.79. The highest BCUT2D eigenvalue weighted by Gasteiger charge is 2.42. The lowest BCUT2D eigenvalue weighted by atomic mass is 9.96. The van der Waals surface area contributed by atoms with E-state index in [1.54, 1.807) is 18.3 Å². The number of nitrogens with zero attached hydrogens (tertiary/aromatic N) is 3. The molecule has 0 aliphatic carbocycles. The van der Waals surface area contributed by atoms with E-state index in [1.165, 1.54) is 12.1 Å². The van der Waals surface area contributed by atoms with Crippen molar-refractivity contribution in [1.29, 1.82) is 0 Å². The van der Waals surface area contributed by atoms with E-state index < -0.39 is 0 Å². The number of halogens is 2. The minimum Gasteiger partial charge on any atom is -0.351 e. The predicted molar refractivity (Wildman–Crippen MR) is 139 cm³/mol. The van der Waals surface area contributed by atoms with Crippen LogP contribution in [0.4, 0.5) is 10.1 Å². The van der Waals surface area contributed by atoms with Crippen molar-refractivity contribution in [2.24, 2.45) is 0 Å². The lowest BCUT2D eigenvalue weighted by molar-refractivity contribution is 0.565. The summed E-state index contributed by atoms with van der Waals surface area (Å²) in [7, 11) is 0. The zero-order valence-corrected chi connectivity index (χ0v) is 20.7. The first-order valence-electron chi connectivity index (χ1n) is 11.1. The van der Waals surface area contributed by atoms with E-state index in [0.29, 0.717) is 5.11 Å². The summed E-state index contributed by atoms with van der Waals surface area (Å²) in [6, 6.07) is 20.1. The molecule has 34 heavy (non-hydrogen) atoms. The molecule has 2 aromatic carbocycles. The van der Waals surface area contributed by atoms with Gasteiger partial charge in [-0.25, -0.2) is 4.39 Å². The fourth-order valence-electron chi connectivity index (χ4n) is 4.85. The summed E-state index contributed by atoms with van der Waals surface area (Å²) in [5.41, 5.74) is 7.08. The molecule has 7 heteroatoms. The third kappa shape index (κ3) is 3.77. The van der Waals surface area contributed by atoms with Gasteiger partial charge in [-0.15, -0.1) is 0 Å². The van der Waals surface area contributed by atoms with Crippen LogP contribution >= 0.6 is 23.8 Å². The highest BCUT2D eigenvalue weighted by molar-refractivity contribution is 7.80. The largest absolute Gasteiger partial charge is 0.351 e. The first-order valence-corrected chi connectivity index (χ1v) is 11.9. The molecule has 5 rings (SSSR count). The second kappa shape index (κ2) is 8.85. The van der Waals surface area contributed by atoms with E-state index in [1.807, 2.05) is 37.3 Å². The fourth-order valence-corrected chi connectivity index (χ4v) is 5.36. The number of pyridine rings is 1. The molecule has 1 saturated heterocycles. The number of aryl methyl sites for hydroxylation is 1. The average Bonchev–Trinajstić information content (AvgIpc) is 3.32. The van der Waals surface area contributed by atoms with Gasteiger partial charge in [0.25, 0.3) is 0 Å². The second-order valence-corrected chi connectivity index (χ2v) is 9.31. The summed E-state index contributed by atoms with van der Waals surface area (Å²) in [6.45, 7) is 6.24. The van der Waals surface area contributed by atoms with Crippen LogP contribution < -0.4 is 10.2 Å². The van der Waals surface area contributed by atoms with Crippen molar-refractivity contribution in [2.75, 3.05) is 4.90 Å². The Hall–Kier alpha value is -3.22. The Morgan fingerprint density at radius 3 is 2.47 bits per heavy atom. The maximum Gasteiger partial charge on any atom is 0.174 e. The standard InChI is InChI=1S/C27H24ClFN4S/c1-16-15-21(18(3)32(16)24-9-6-7-22(28)17(24)2)26-25(23-8-4-5-14-30-23)31-27(34)33(26)20-12-10-19(29)11-13-20/h4-15,25-26H,1-3H3,(H,31,34)/t25-,26-/m1/s1. The first kappa shape index (κ1) is 22.6. The molecule has 0 saturated carbocycles. The third-order valence-electron chi connectivity index (χ3n) is 6.47. The topological polar surface area (TPSA) is 33.1 Å². The van der Waals surface area contributed by atoms with Gasteiger partial charge in [-0.1, -0.05) is 23.7 Å². The second-order valence-electron chi connectivity index (χ2n) is 8.52. The number of benzene rings is 2. The number of thiocarbonyl (C=S) groups is 1. The molecule has 0 bridgehead atoms. The van der Waals surface area contributed by atoms with E-state index in [2.05, 4.69) is 45.7 Å². The lowest BCUT2D eigenvalue weighted by Crippen LogP contribution is -2.29. The number of anilines is 1. The van der Waals surface area contributed by atoms with Crippen molar-refractivity contribution in [3.8, 4) is 5.69 Å². The molecule has 3 heterocycles. The van der Waals surface area contributed by atoms with E-state index in [4.69, 9.17) is 23.8 Å². The van der Waals surface area contributed by atoms with Crippen LogP contribution in [0.2, 0.25) is 5.02 Å². The van der Waals surface area contributed by atoms with Crippen LogP contribution in [0.3, 0.4) is 0 Å². The van der Waals surface area contributed by atoms with Gasteiger partial charge >= 0.3 is 0 Å². The van der Waals surface area contributed by atoms with E-state index in [0.717, 1.165) is 44.6 Å². The molecule has 0 spiro atoms. The number of aromatic nitrogens is 2. The number of rotatable bonds is 4. The van der Waals surface area contributed by atoms with E-state index in [9.17, 15) is 4.39 Å². The maximum atomic E-state index is 13.7. The average molecular weight is 491 g/mol. The van der Waals surface area contributed by atoms with Gasteiger partial charge in [0.1, 0.15) is 5.82 Å². The molecule has 0 amide bonds. The van der Waals surface area contributed by atoms with Crippen LogP contribution in [0.5, 0.6) is 0 Å². The van der Waals surface area contributed by atoms with Crippen molar-refractivity contribution in [2.45, 2.75) is 32.9 Å². The van der Waals surface area contributed by atoms with Crippen LogP contribution in [0.1, 0.15) is 40.3 Å². The normalized spacial score (nSPS) is 17.8. The van der Waals surface area contributed by atoms with Crippen LogP contribution in [0.25, 0.3) is 5.69 Å². The fraction of sp³-hybridized carbons (Fsp3) is 0.185. The minimum absolute atomic E-state index is 0.173. The minimum atomic E-state index is -0.283. The Morgan fingerprint density at radius 2 is 1.76 bits per heavy atom. The molecule has 1 N–H and O–H groups in total. The Kier molecular flexibility index (Phi) is 5.88. The Bertz CT molecular complexity index is 1370. The summed E-state index contributed by atoms with van der Waals surface area (Å²) in [5, 5.41) is 4.78. The smallest absolute Gasteiger partial charge is 0.174 e. The highest BCUT2D eigenvalue weighted by atomic mass is 35.5. The zero-order valence-electron chi connectivity index (χ0n) is 19.1. The lowest BCUT2D eigenvalue weighted by Gasteiger charge is -2.28. The molecule has 2 atom stereocenters. The number of hydrogen-bond acceptors (Lipinski definition) is 2. The van der Waals surface area contributed by atoms with Crippen LogP contribution in [-0.4, -0.2) is 14.7 Å². The Morgan fingerprint density at radius 1 is 1.00 bits per heavy atom. The molecule has 172 valence electrons. The molecular weight excluding hydrogens is 467 g/mol. The molecule has 0 unspecified atom stereocenters. The van der Waals surface area contributed by atoms with Gasteiger partial charge < -0.3 is 14.8 Å². The number of nitrogens with one attached hydrogen (secondary N) is 1. The molecule has 1 fully saturated rings. The summed E-state index contributed by atoms with van der Waals surface area (Å²) >= 11 is 12.2. The molecule has 1 aliphatic rings. The van der Waals surface area contributed by atoms with Crippen molar-refractivity contribution in [3.63, 3.8) is 0 Å². The van der Waals surface area contributed by atoms with Gasteiger partial charge in [0, 0.05) is 34.0 Å². The molecule has 0 radical (unpaired) electrons. The Labute approximate surface area is 209 Å². The van der Waals surface area contributed by atoms with Gasteiger partial charge in [0.15, 0.2) is 5.11 Å². The van der Waals surface area contributed by atoms with Gasteiger partial charge in [-0.05, 0) is 98.7 Å². The van der Waals surface area contributed by atoms with E-state index >= 15 is 0 Å². The molecule has 1 aliphatic heterocycles. The van der Waals surface area contributed by atoms with Crippen molar-refractivity contribution in [1.82, 2.24) is 14.9 Å². The molecule has 4 aromatic rings. The third-order valence-corrected chi connectivity index (χ3v) is 7.20. The zero-order chi connectivity index (χ0) is 24.0. The maximum absolute atomic E-state index is 13.7. The van der Waals surface area contributed by atoms with Crippen LogP contribution in [-0.2, 0) is 0 Å². The highest BCUT2D eigenvalue weighted by Crippen LogP contribution is 2.44. The first-order chi connectivity index (χ1) is 16.4. The van der Waals surface area contributed by atoms with Gasteiger partial charge in [0.05, 0.1) is 17.8 Å². The SMILES string of the molecule is Cc1c(Cl)cccc1-n1c(C)cc([C@@H]2[C@@H](c3ccccn3)NC(=S)N2c2ccc(F)cc2)c1C. The van der Waals surface area contributed by atoms with Gasteiger partial charge in [0.2, 0.25) is 0 Å². The van der Waals surface area contributed by atoms with E-state index in [-0.39, 0.29) is 17.9 Å². The van der Waals surface area contributed by atoms with Crippen molar-refractivity contribution in [3.05, 3.63) is 112 Å². The van der Waals surface area contributed by atoms with Crippen LogP contribution in [0, 0.1) is 26.6 Å². The Balaban J connectivity index is 1.70. The molecule has 4 nitrogen and oxygen atoms in total. The predicted octanol–water partition coefficient (Wildman–Crippen LogP) is 6.77. The molecule has 2 aromatic heterocycles. The summed E-state index contributed by atoms with van der Waals surface area (Å²) in [5.74, 6) is -0.283. The molecular formula is C27H24ClFN4S.